The molecule has 0 heterocycles. The summed E-state index contributed by atoms with van der Waals surface area (Å²) < 4.78 is 18.4. The lowest BCUT2D eigenvalue weighted by atomic mass is 10.1. The minimum absolute atomic E-state index is 0.271. The normalized spacial score (nSPS) is 9.86. The first-order valence-corrected chi connectivity index (χ1v) is 6.75. The number of nitriles is 1. The van der Waals surface area contributed by atoms with Crippen LogP contribution in [0.5, 0.6) is 5.75 Å². The van der Waals surface area contributed by atoms with E-state index in [1.807, 2.05) is 6.07 Å². The molecule has 112 valence electrons. The van der Waals surface area contributed by atoms with E-state index in [0.29, 0.717) is 35.4 Å². The summed E-state index contributed by atoms with van der Waals surface area (Å²) in [6.45, 7) is 0.343. The fourth-order valence-corrected chi connectivity index (χ4v) is 2.09. The van der Waals surface area contributed by atoms with E-state index in [1.165, 1.54) is 25.3 Å². The first kappa shape index (κ1) is 15.5. The number of hydrogen-bond acceptors (Lipinski definition) is 3. The van der Waals surface area contributed by atoms with Gasteiger partial charge in [-0.1, -0.05) is 6.07 Å². The minimum Gasteiger partial charge on any atom is -0.496 e. The van der Waals surface area contributed by atoms with Crippen molar-refractivity contribution >= 4 is 5.91 Å². The van der Waals surface area contributed by atoms with E-state index < -0.39 is 0 Å². The number of amides is 1. The number of carbonyl (C=O) groups excluding carboxylic acids is 1. The SMILES string of the molecule is COc1ccc(F)cc1CCNC(=O)c1cccc(C#N)c1. The van der Waals surface area contributed by atoms with E-state index in [1.54, 1.807) is 24.3 Å². The average Bonchev–Trinajstić information content (AvgIpc) is 2.55. The lowest BCUT2D eigenvalue weighted by molar-refractivity contribution is 0.0954. The molecule has 0 atom stereocenters. The molecule has 2 aromatic rings. The molecule has 0 aromatic heterocycles. The van der Waals surface area contributed by atoms with Crippen molar-refractivity contribution in [3.63, 3.8) is 0 Å². The molecule has 1 amide bonds. The Bertz CT molecular complexity index is 723. The number of halogens is 1. The van der Waals surface area contributed by atoms with Crippen molar-refractivity contribution in [1.82, 2.24) is 5.32 Å². The molecular weight excluding hydrogens is 283 g/mol. The predicted octanol–water partition coefficient (Wildman–Crippen LogP) is 2.68. The largest absolute Gasteiger partial charge is 0.496 e. The van der Waals surface area contributed by atoms with Crippen LogP contribution in [0.3, 0.4) is 0 Å². The second-order valence-electron chi connectivity index (χ2n) is 4.65. The van der Waals surface area contributed by atoms with Crippen molar-refractivity contribution in [2.24, 2.45) is 0 Å². The van der Waals surface area contributed by atoms with Gasteiger partial charge < -0.3 is 10.1 Å². The van der Waals surface area contributed by atoms with Gasteiger partial charge in [-0.05, 0) is 48.4 Å². The van der Waals surface area contributed by atoms with E-state index in [0.717, 1.165) is 0 Å². The maximum atomic E-state index is 13.2. The molecule has 0 saturated carbocycles. The number of nitrogens with zero attached hydrogens (tertiary/aromatic N) is 1. The van der Waals surface area contributed by atoms with E-state index in [2.05, 4.69) is 5.32 Å². The Balaban J connectivity index is 1.97. The van der Waals surface area contributed by atoms with Crippen LogP contribution >= 0.6 is 0 Å². The van der Waals surface area contributed by atoms with Gasteiger partial charge in [0, 0.05) is 12.1 Å². The van der Waals surface area contributed by atoms with Crippen LogP contribution in [-0.2, 0) is 6.42 Å². The van der Waals surface area contributed by atoms with Gasteiger partial charge in [0.25, 0.3) is 5.91 Å². The van der Waals surface area contributed by atoms with Gasteiger partial charge in [0.05, 0.1) is 18.7 Å². The Morgan fingerprint density at radius 1 is 1.32 bits per heavy atom. The van der Waals surface area contributed by atoms with E-state index in [4.69, 9.17) is 10.00 Å². The molecule has 1 N–H and O–H groups in total. The van der Waals surface area contributed by atoms with Gasteiger partial charge in [-0.25, -0.2) is 4.39 Å². The topological polar surface area (TPSA) is 62.1 Å². The summed E-state index contributed by atoms with van der Waals surface area (Å²) in [6.07, 6.45) is 0.449. The summed E-state index contributed by atoms with van der Waals surface area (Å²) in [7, 11) is 1.52. The van der Waals surface area contributed by atoms with Crippen molar-refractivity contribution in [3.05, 3.63) is 65.0 Å². The molecule has 2 rings (SSSR count). The van der Waals surface area contributed by atoms with Crippen LogP contribution in [0.2, 0.25) is 0 Å². The summed E-state index contributed by atoms with van der Waals surface area (Å²) in [4.78, 5) is 12.0. The Labute approximate surface area is 128 Å². The molecule has 0 saturated heterocycles. The van der Waals surface area contributed by atoms with E-state index >= 15 is 0 Å². The van der Waals surface area contributed by atoms with E-state index in [-0.39, 0.29) is 11.7 Å². The molecule has 4 nitrogen and oxygen atoms in total. The van der Waals surface area contributed by atoms with Crippen LogP contribution in [0.4, 0.5) is 4.39 Å². The Morgan fingerprint density at radius 3 is 2.86 bits per heavy atom. The third-order valence-corrected chi connectivity index (χ3v) is 3.18. The molecule has 0 unspecified atom stereocenters. The highest BCUT2D eigenvalue weighted by Gasteiger charge is 2.08. The highest BCUT2D eigenvalue weighted by Crippen LogP contribution is 2.19. The van der Waals surface area contributed by atoms with Crippen molar-refractivity contribution in [3.8, 4) is 11.8 Å². The van der Waals surface area contributed by atoms with E-state index in [9.17, 15) is 9.18 Å². The fourth-order valence-electron chi connectivity index (χ4n) is 2.09. The molecule has 0 radical (unpaired) electrons. The monoisotopic (exact) mass is 298 g/mol. The molecule has 0 aliphatic heterocycles. The van der Waals surface area contributed by atoms with Crippen LogP contribution in [0, 0.1) is 17.1 Å². The van der Waals surface area contributed by atoms with Crippen LogP contribution in [0.1, 0.15) is 21.5 Å². The molecule has 0 fully saturated rings. The van der Waals surface area contributed by atoms with Gasteiger partial charge in [0.2, 0.25) is 0 Å². The lowest BCUT2D eigenvalue weighted by Gasteiger charge is -2.09. The first-order chi connectivity index (χ1) is 10.6. The smallest absolute Gasteiger partial charge is 0.251 e. The Morgan fingerprint density at radius 2 is 2.14 bits per heavy atom. The summed E-state index contributed by atoms with van der Waals surface area (Å²) in [6, 6.07) is 12.7. The number of benzene rings is 2. The first-order valence-electron chi connectivity index (χ1n) is 6.75. The Kier molecular flexibility index (Phi) is 5.10. The van der Waals surface area contributed by atoms with Gasteiger partial charge in [-0.2, -0.15) is 5.26 Å². The molecule has 0 spiro atoms. The summed E-state index contributed by atoms with van der Waals surface area (Å²) in [5.74, 6) is -0.0292. The van der Waals surface area contributed by atoms with Crippen LogP contribution in [0.25, 0.3) is 0 Å². The van der Waals surface area contributed by atoms with Gasteiger partial charge in [0.1, 0.15) is 11.6 Å². The van der Waals surface area contributed by atoms with Crippen molar-refractivity contribution < 1.29 is 13.9 Å². The predicted molar refractivity (Wildman–Crippen MR) is 80.1 cm³/mol. The van der Waals surface area contributed by atoms with Gasteiger partial charge in [-0.15, -0.1) is 0 Å². The number of ether oxygens (including phenoxy) is 1. The number of hydrogen-bond donors (Lipinski definition) is 1. The molecule has 0 bridgehead atoms. The minimum atomic E-state index is -0.344. The number of rotatable bonds is 5. The molecule has 2 aromatic carbocycles. The molecular formula is C17H15FN2O2. The van der Waals surface area contributed by atoms with Crippen LogP contribution < -0.4 is 10.1 Å². The zero-order valence-electron chi connectivity index (χ0n) is 12.1. The van der Waals surface area contributed by atoms with Crippen molar-refractivity contribution in [2.45, 2.75) is 6.42 Å². The molecule has 0 aliphatic carbocycles. The van der Waals surface area contributed by atoms with Gasteiger partial charge in [0.15, 0.2) is 0 Å². The summed E-state index contributed by atoms with van der Waals surface area (Å²) >= 11 is 0. The second-order valence-corrected chi connectivity index (χ2v) is 4.65. The second kappa shape index (κ2) is 7.23. The zero-order valence-corrected chi connectivity index (χ0v) is 12.1. The number of carbonyl (C=O) groups is 1. The van der Waals surface area contributed by atoms with Gasteiger partial charge >= 0.3 is 0 Å². The Hall–Kier alpha value is -2.87. The summed E-state index contributed by atoms with van der Waals surface area (Å²) in [5.41, 5.74) is 1.54. The third kappa shape index (κ3) is 3.83. The maximum Gasteiger partial charge on any atom is 0.251 e. The highest BCUT2D eigenvalue weighted by molar-refractivity contribution is 5.94. The van der Waals surface area contributed by atoms with Gasteiger partial charge in [-0.3, -0.25) is 4.79 Å². The summed E-state index contributed by atoms with van der Waals surface area (Å²) in [5, 5.41) is 11.6. The molecule has 0 aliphatic rings. The van der Waals surface area contributed by atoms with Crippen molar-refractivity contribution in [1.29, 1.82) is 5.26 Å². The zero-order chi connectivity index (χ0) is 15.9. The maximum absolute atomic E-state index is 13.2. The third-order valence-electron chi connectivity index (χ3n) is 3.18. The average molecular weight is 298 g/mol. The number of methoxy groups -OCH3 is 1. The molecule has 5 heteroatoms. The highest BCUT2D eigenvalue weighted by atomic mass is 19.1. The van der Waals surface area contributed by atoms with Crippen LogP contribution in [-0.4, -0.2) is 19.6 Å². The van der Waals surface area contributed by atoms with Crippen molar-refractivity contribution in [2.75, 3.05) is 13.7 Å². The quantitative estimate of drug-likeness (QED) is 0.923. The fraction of sp³-hybridized carbons (Fsp3) is 0.176. The van der Waals surface area contributed by atoms with Crippen LogP contribution in [0.15, 0.2) is 42.5 Å². The molecule has 22 heavy (non-hydrogen) atoms. The number of nitrogens with one attached hydrogen (secondary N) is 1. The lowest BCUT2D eigenvalue weighted by Crippen LogP contribution is -2.25. The standard InChI is InChI=1S/C17H15FN2O2/c1-22-16-6-5-15(18)10-13(16)7-8-20-17(21)14-4-2-3-12(9-14)11-19/h2-6,9-10H,7-8H2,1H3,(H,20,21).